The minimum absolute atomic E-state index is 0.0381. The van der Waals surface area contributed by atoms with Gasteiger partial charge in [0.1, 0.15) is 40.2 Å². The molecule has 11 nitrogen and oxygen atoms in total. The number of aryl methyl sites for hydroxylation is 1. The number of nitrogens with zero attached hydrogens (tertiary/aromatic N) is 5. The Bertz CT molecular complexity index is 2100. The number of hydrogen-bond donors (Lipinski definition) is 0. The van der Waals surface area contributed by atoms with Gasteiger partial charge in [-0.3, -0.25) is 9.47 Å². The zero-order chi connectivity index (χ0) is 34.2. The maximum Gasteiger partial charge on any atom is 0.410 e. The van der Waals surface area contributed by atoms with Crippen LogP contribution in [0.3, 0.4) is 0 Å². The van der Waals surface area contributed by atoms with Gasteiger partial charge in [-0.2, -0.15) is 4.98 Å². The fraction of sp³-hybridized carbons (Fsp3) is 0.429. The number of carbonyl (C=O) groups excluding carboxylic acids is 1. The standard InChI is InChI=1S/C35H35F2N5O6/c1-8-21-23(36)11-9-18-13-20(46-16-45-7)14-22(25(18)21)28-27(37)30-26-31(39-33(43)40(30)6)41-15-19-10-12-24(29(41)17(2)47-32(26)38-28)42(19)34(44)48-35(3,4)5/h1,9,11,13-14,17,19,24,29H,10,12,15-16H2,2-7H3/t17-,19+,24-,29+/m0/s1. The average Bonchev–Trinajstić information content (AvgIpc) is 3.28. The third kappa shape index (κ3) is 4.89. The number of methoxy groups -OCH3 is 1. The Labute approximate surface area is 275 Å². The zero-order valence-electron chi connectivity index (χ0n) is 27.5. The van der Waals surface area contributed by atoms with Crippen molar-refractivity contribution in [3.05, 3.63) is 51.9 Å². The first-order valence-electron chi connectivity index (χ1n) is 15.7. The number of halogens is 2. The van der Waals surface area contributed by atoms with E-state index in [0.717, 1.165) is 11.0 Å². The second-order valence-electron chi connectivity index (χ2n) is 13.4. The number of terminal acetylenes is 1. The molecular formula is C35H35F2N5O6. The molecule has 0 radical (unpaired) electrons. The fourth-order valence-corrected chi connectivity index (χ4v) is 7.41. The summed E-state index contributed by atoms with van der Waals surface area (Å²) < 4.78 is 56.4. The summed E-state index contributed by atoms with van der Waals surface area (Å²) in [6.07, 6.45) is 6.15. The molecule has 4 atom stereocenters. The predicted molar refractivity (Wildman–Crippen MR) is 174 cm³/mol. The number of pyridine rings is 1. The number of ether oxygens (including phenoxy) is 4. The summed E-state index contributed by atoms with van der Waals surface area (Å²) in [6, 6.07) is 4.91. The van der Waals surface area contributed by atoms with E-state index in [4.69, 9.17) is 30.4 Å². The molecule has 0 N–H and O–H groups in total. The Hall–Kier alpha value is -4.96. The zero-order valence-corrected chi connectivity index (χ0v) is 27.5. The molecule has 13 heteroatoms. The minimum Gasteiger partial charge on any atom is -0.472 e. The van der Waals surface area contributed by atoms with Crippen molar-refractivity contribution in [1.82, 2.24) is 19.4 Å². The van der Waals surface area contributed by atoms with E-state index < -0.39 is 41.2 Å². The van der Waals surface area contributed by atoms with Crippen LogP contribution in [0, 0.1) is 24.0 Å². The van der Waals surface area contributed by atoms with Crippen LogP contribution in [-0.4, -0.2) is 75.8 Å². The lowest BCUT2D eigenvalue weighted by molar-refractivity contribution is 0.000951. The van der Waals surface area contributed by atoms with Gasteiger partial charge >= 0.3 is 11.8 Å². The Morgan fingerprint density at radius 1 is 1.17 bits per heavy atom. The van der Waals surface area contributed by atoms with Crippen LogP contribution in [0.5, 0.6) is 11.6 Å². The molecule has 250 valence electrons. The van der Waals surface area contributed by atoms with E-state index in [1.807, 2.05) is 32.6 Å². The molecule has 2 bridgehead atoms. The van der Waals surface area contributed by atoms with E-state index >= 15 is 8.78 Å². The molecule has 0 unspecified atom stereocenters. The summed E-state index contributed by atoms with van der Waals surface area (Å²) in [7, 11) is 2.88. The van der Waals surface area contributed by atoms with E-state index in [9.17, 15) is 9.59 Å². The van der Waals surface area contributed by atoms with Crippen molar-refractivity contribution in [2.75, 3.05) is 25.3 Å². The molecule has 2 aromatic carbocycles. The first-order valence-corrected chi connectivity index (χ1v) is 15.7. The van der Waals surface area contributed by atoms with Crippen LogP contribution in [-0.2, 0) is 16.5 Å². The normalized spacial score (nSPS) is 21.5. The van der Waals surface area contributed by atoms with Crippen molar-refractivity contribution in [3.8, 4) is 35.2 Å². The number of anilines is 1. The van der Waals surface area contributed by atoms with Crippen LogP contribution in [0.25, 0.3) is 32.9 Å². The molecule has 0 spiro atoms. The van der Waals surface area contributed by atoms with Crippen molar-refractivity contribution in [3.63, 3.8) is 0 Å². The highest BCUT2D eigenvalue weighted by Gasteiger charge is 2.53. The minimum atomic E-state index is -0.848. The summed E-state index contributed by atoms with van der Waals surface area (Å²) in [5.74, 6) is 1.45. The Morgan fingerprint density at radius 3 is 2.65 bits per heavy atom. The third-order valence-corrected chi connectivity index (χ3v) is 9.27. The molecule has 2 fully saturated rings. The van der Waals surface area contributed by atoms with Crippen LogP contribution in [0.2, 0.25) is 0 Å². The van der Waals surface area contributed by atoms with Crippen molar-refractivity contribution < 1.29 is 32.5 Å². The molecule has 0 saturated carbocycles. The smallest absolute Gasteiger partial charge is 0.410 e. The summed E-state index contributed by atoms with van der Waals surface area (Å²) in [5, 5.41) is 0.940. The number of aromatic nitrogens is 3. The van der Waals surface area contributed by atoms with Crippen LogP contribution in [0.15, 0.2) is 29.1 Å². The van der Waals surface area contributed by atoms with E-state index in [2.05, 4.69) is 10.9 Å². The number of amides is 1. The molecule has 1 amide bonds. The van der Waals surface area contributed by atoms with E-state index in [1.165, 1.54) is 32.4 Å². The largest absolute Gasteiger partial charge is 0.472 e. The van der Waals surface area contributed by atoms with Gasteiger partial charge in [-0.25, -0.2) is 23.4 Å². The number of fused-ring (bicyclic) bond motifs is 6. The molecule has 5 heterocycles. The molecule has 0 aliphatic carbocycles. The Balaban J connectivity index is 1.46. The lowest BCUT2D eigenvalue weighted by Crippen LogP contribution is -2.65. The van der Waals surface area contributed by atoms with Crippen molar-refractivity contribution in [1.29, 1.82) is 0 Å². The van der Waals surface area contributed by atoms with Gasteiger partial charge in [0.05, 0.1) is 29.2 Å². The predicted octanol–water partition coefficient (Wildman–Crippen LogP) is 5.13. The van der Waals surface area contributed by atoms with Crippen LogP contribution >= 0.6 is 0 Å². The van der Waals surface area contributed by atoms with Crippen LogP contribution in [0.1, 0.15) is 46.1 Å². The highest BCUT2D eigenvalue weighted by molar-refractivity contribution is 6.04. The summed E-state index contributed by atoms with van der Waals surface area (Å²) in [4.78, 5) is 39.7. The third-order valence-electron chi connectivity index (χ3n) is 9.27. The number of hydrogen-bond acceptors (Lipinski definition) is 9. The summed E-state index contributed by atoms with van der Waals surface area (Å²) in [5.41, 5.74) is -1.63. The average molecular weight is 660 g/mol. The fourth-order valence-electron chi connectivity index (χ4n) is 7.41. The Morgan fingerprint density at radius 2 is 1.94 bits per heavy atom. The SMILES string of the molecule is C#Cc1c(F)ccc2cc(OCOC)cc(-c3nc4c5c(nc(=O)n(C)c5c3F)N3C[C@H]5CC[C@@H]([C@H]3[C@H](C)O4)N5C(=O)OC(C)(C)C)c12. The molecular weight excluding hydrogens is 624 g/mol. The van der Waals surface area contributed by atoms with E-state index in [0.29, 0.717) is 24.1 Å². The first kappa shape index (κ1) is 31.6. The van der Waals surface area contributed by atoms with Gasteiger partial charge in [0, 0.05) is 31.7 Å². The number of carbonyl (C=O) groups is 1. The van der Waals surface area contributed by atoms with Gasteiger partial charge in [0.15, 0.2) is 12.6 Å². The van der Waals surface area contributed by atoms with E-state index in [1.54, 1.807) is 11.0 Å². The second-order valence-corrected chi connectivity index (χ2v) is 13.4. The van der Waals surface area contributed by atoms with Crippen LogP contribution < -0.4 is 20.1 Å². The van der Waals surface area contributed by atoms with E-state index in [-0.39, 0.29) is 63.7 Å². The molecule has 48 heavy (non-hydrogen) atoms. The van der Waals surface area contributed by atoms with Crippen molar-refractivity contribution in [2.24, 2.45) is 7.05 Å². The number of rotatable bonds is 4. The first-order chi connectivity index (χ1) is 22.8. The van der Waals surface area contributed by atoms with Crippen LogP contribution in [0.4, 0.5) is 19.4 Å². The van der Waals surface area contributed by atoms with Crippen molar-refractivity contribution in [2.45, 2.75) is 70.4 Å². The number of piperazine rings is 1. The summed E-state index contributed by atoms with van der Waals surface area (Å²) in [6.45, 7) is 7.54. The topological polar surface area (TPSA) is 108 Å². The maximum absolute atomic E-state index is 17.1. The quantitative estimate of drug-likeness (QED) is 0.218. The van der Waals surface area contributed by atoms with Gasteiger partial charge in [-0.05, 0) is 64.1 Å². The highest BCUT2D eigenvalue weighted by atomic mass is 19.1. The maximum atomic E-state index is 17.1. The lowest BCUT2D eigenvalue weighted by atomic mass is 9.95. The highest BCUT2D eigenvalue weighted by Crippen LogP contribution is 2.47. The van der Waals surface area contributed by atoms with Gasteiger partial charge in [0.2, 0.25) is 5.88 Å². The lowest BCUT2D eigenvalue weighted by Gasteiger charge is -2.48. The molecule has 3 aliphatic heterocycles. The van der Waals surface area contributed by atoms with Crippen molar-refractivity contribution >= 4 is 33.6 Å². The Kier molecular flexibility index (Phi) is 7.47. The number of benzene rings is 2. The molecule has 2 saturated heterocycles. The van der Waals surface area contributed by atoms with Gasteiger partial charge in [0.25, 0.3) is 0 Å². The molecule has 4 aromatic rings. The monoisotopic (exact) mass is 659 g/mol. The summed E-state index contributed by atoms with van der Waals surface area (Å²) >= 11 is 0. The van der Waals surface area contributed by atoms with Gasteiger partial charge in [-0.15, -0.1) is 6.42 Å². The molecule has 2 aromatic heterocycles. The van der Waals surface area contributed by atoms with Gasteiger partial charge < -0.3 is 23.8 Å². The molecule has 7 rings (SSSR count). The second kappa shape index (κ2) is 11.3. The van der Waals surface area contributed by atoms with Gasteiger partial charge in [-0.1, -0.05) is 12.0 Å². The molecule has 3 aliphatic rings.